The topological polar surface area (TPSA) is 55.1 Å². The summed E-state index contributed by atoms with van der Waals surface area (Å²) >= 11 is 3.35. The van der Waals surface area contributed by atoms with Gasteiger partial charge in [0.1, 0.15) is 0 Å². The molecule has 1 aromatic heterocycles. The van der Waals surface area contributed by atoms with Crippen LogP contribution in [0.2, 0.25) is 0 Å². The molecule has 1 heterocycles. The molecule has 5 heteroatoms. The number of para-hydroxylation sites is 1. The smallest absolute Gasteiger partial charge is 0.305 e. The minimum atomic E-state index is -0.804. The molecule has 0 saturated carbocycles. The van der Waals surface area contributed by atoms with Crippen molar-refractivity contribution in [3.63, 3.8) is 0 Å². The van der Waals surface area contributed by atoms with E-state index in [-0.39, 0.29) is 6.42 Å². The molecule has 2 aromatic rings. The lowest BCUT2D eigenvalue weighted by Crippen LogP contribution is -2.04. The Hall–Kier alpha value is -1.36. The second kappa shape index (κ2) is 4.25. The molecule has 1 aromatic carbocycles. The van der Waals surface area contributed by atoms with Crippen molar-refractivity contribution in [1.82, 2.24) is 9.55 Å². The van der Waals surface area contributed by atoms with Crippen LogP contribution in [-0.2, 0) is 11.3 Å². The van der Waals surface area contributed by atoms with E-state index in [0.29, 0.717) is 11.3 Å². The Kier molecular flexibility index (Phi) is 2.96. The quantitative estimate of drug-likeness (QED) is 0.942. The normalized spacial score (nSPS) is 10.9. The van der Waals surface area contributed by atoms with E-state index in [0.717, 1.165) is 16.6 Å². The predicted molar refractivity (Wildman–Crippen MR) is 64.4 cm³/mol. The molecule has 0 spiro atoms. The molecule has 0 radical (unpaired) electrons. The Balaban J connectivity index is 2.48. The SMILES string of the molecule is Cc1cccc2c1nc(Br)n2CCC(=O)O. The van der Waals surface area contributed by atoms with E-state index in [2.05, 4.69) is 20.9 Å². The summed E-state index contributed by atoms with van der Waals surface area (Å²) in [5, 5.41) is 8.68. The van der Waals surface area contributed by atoms with Crippen molar-refractivity contribution in [2.75, 3.05) is 0 Å². The lowest BCUT2D eigenvalue weighted by molar-refractivity contribution is -0.137. The second-order valence-electron chi connectivity index (χ2n) is 3.62. The zero-order chi connectivity index (χ0) is 11.7. The molecule has 16 heavy (non-hydrogen) atoms. The van der Waals surface area contributed by atoms with Crippen LogP contribution in [0.4, 0.5) is 0 Å². The highest BCUT2D eigenvalue weighted by atomic mass is 79.9. The van der Waals surface area contributed by atoms with Crippen LogP contribution in [0.3, 0.4) is 0 Å². The number of carboxylic acid groups (broad SMARTS) is 1. The average Bonchev–Trinajstić information content (AvgIpc) is 2.53. The zero-order valence-corrected chi connectivity index (χ0v) is 10.4. The Labute approximate surface area is 101 Å². The molecular weight excluding hydrogens is 272 g/mol. The van der Waals surface area contributed by atoms with Crippen LogP contribution in [0.1, 0.15) is 12.0 Å². The molecule has 2 rings (SSSR count). The van der Waals surface area contributed by atoms with Gasteiger partial charge in [0, 0.05) is 6.54 Å². The molecule has 84 valence electrons. The highest BCUT2D eigenvalue weighted by Crippen LogP contribution is 2.23. The molecule has 0 unspecified atom stereocenters. The number of fused-ring (bicyclic) bond motifs is 1. The first-order valence-corrected chi connectivity index (χ1v) is 5.72. The van der Waals surface area contributed by atoms with Gasteiger partial charge in [-0.1, -0.05) is 12.1 Å². The van der Waals surface area contributed by atoms with Gasteiger partial charge in [-0.25, -0.2) is 4.98 Å². The average molecular weight is 283 g/mol. The van der Waals surface area contributed by atoms with Crippen molar-refractivity contribution in [3.05, 3.63) is 28.5 Å². The fourth-order valence-corrected chi connectivity index (χ4v) is 2.22. The number of halogens is 1. The van der Waals surface area contributed by atoms with Gasteiger partial charge in [-0.15, -0.1) is 0 Å². The fraction of sp³-hybridized carbons (Fsp3) is 0.273. The number of benzene rings is 1. The standard InChI is InChI=1S/C11H11BrN2O2/c1-7-3-2-4-8-10(7)13-11(12)14(8)6-5-9(15)16/h2-4H,5-6H2,1H3,(H,15,16). The van der Waals surface area contributed by atoms with Crippen molar-refractivity contribution < 1.29 is 9.90 Å². The van der Waals surface area contributed by atoms with Gasteiger partial charge in [0.2, 0.25) is 0 Å². The summed E-state index contributed by atoms with van der Waals surface area (Å²) < 4.78 is 2.55. The summed E-state index contributed by atoms with van der Waals surface area (Å²) in [6.45, 7) is 2.42. The second-order valence-corrected chi connectivity index (χ2v) is 4.33. The minimum Gasteiger partial charge on any atom is -0.481 e. The monoisotopic (exact) mass is 282 g/mol. The maximum Gasteiger partial charge on any atom is 0.305 e. The summed E-state index contributed by atoms with van der Waals surface area (Å²) in [6, 6.07) is 5.88. The van der Waals surface area contributed by atoms with Gasteiger partial charge in [0.15, 0.2) is 4.73 Å². The first-order chi connectivity index (χ1) is 7.59. The number of nitrogens with zero attached hydrogens (tertiary/aromatic N) is 2. The number of carbonyl (C=O) groups is 1. The first-order valence-electron chi connectivity index (χ1n) is 4.92. The highest BCUT2D eigenvalue weighted by molar-refractivity contribution is 9.10. The Morgan fingerprint density at radius 1 is 1.56 bits per heavy atom. The fourth-order valence-electron chi connectivity index (χ4n) is 1.68. The number of aromatic nitrogens is 2. The number of rotatable bonds is 3. The maximum atomic E-state index is 10.6. The number of imidazole rings is 1. The van der Waals surface area contributed by atoms with Crippen LogP contribution in [0.5, 0.6) is 0 Å². The molecule has 0 bridgehead atoms. The van der Waals surface area contributed by atoms with Gasteiger partial charge < -0.3 is 9.67 Å². The zero-order valence-electron chi connectivity index (χ0n) is 8.77. The molecule has 0 saturated heterocycles. The Bertz CT molecular complexity index is 548. The van der Waals surface area contributed by atoms with Crippen molar-refractivity contribution in [1.29, 1.82) is 0 Å². The van der Waals surface area contributed by atoms with Crippen molar-refractivity contribution in [3.8, 4) is 0 Å². The van der Waals surface area contributed by atoms with Crippen LogP contribution in [0, 0.1) is 6.92 Å². The summed E-state index contributed by atoms with van der Waals surface area (Å²) in [5.74, 6) is -0.804. The molecule has 4 nitrogen and oxygen atoms in total. The van der Waals surface area contributed by atoms with Gasteiger partial charge >= 0.3 is 5.97 Å². The van der Waals surface area contributed by atoms with Crippen molar-refractivity contribution >= 4 is 32.9 Å². The molecule has 0 amide bonds. The summed E-state index contributed by atoms with van der Waals surface area (Å²) in [6.07, 6.45) is 0.0952. The van der Waals surface area contributed by atoms with Gasteiger partial charge in [-0.3, -0.25) is 4.79 Å². The third kappa shape index (κ3) is 1.95. The van der Waals surface area contributed by atoms with E-state index < -0.39 is 5.97 Å². The van der Waals surface area contributed by atoms with Crippen LogP contribution in [0.25, 0.3) is 11.0 Å². The molecule has 0 fully saturated rings. The minimum absolute atomic E-state index is 0.0952. The third-order valence-electron chi connectivity index (χ3n) is 2.48. The van der Waals surface area contributed by atoms with Crippen molar-refractivity contribution in [2.45, 2.75) is 19.9 Å². The number of aliphatic carboxylic acids is 1. The summed E-state index contributed by atoms with van der Waals surface area (Å²) in [4.78, 5) is 14.9. The van der Waals surface area contributed by atoms with E-state index in [1.165, 1.54) is 0 Å². The van der Waals surface area contributed by atoms with E-state index in [4.69, 9.17) is 5.11 Å². The Morgan fingerprint density at radius 3 is 3.00 bits per heavy atom. The number of hydrogen-bond donors (Lipinski definition) is 1. The van der Waals surface area contributed by atoms with E-state index >= 15 is 0 Å². The molecule has 1 N–H and O–H groups in total. The van der Waals surface area contributed by atoms with E-state index in [1.54, 1.807) is 0 Å². The summed E-state index contributed by atoms with van der Waals surface area (Å²) in [5.41, 5.74) is 2.97. The molecule has 0 atom stereocenters. The predicted octanol–water partition coefficient (Wildman–Crippen LogP) is 2.58. The van der Waals surface area contributed by atoms with Crippen LogP contribution < -0.4 is 0 Å². The number of aryl methyl sites for hydroxylation is 2. The van der Waals surface area contributed by atoms with Crippen molar-refractivity contribution in [2.24, 2.45) is 0 Å². The van der Waals surface area contributed by atoms with Gasteiger partial charge in [-0.05, 0) is 34.5 Å². The molecule has 0 aliphatic carbocycles. The molecular formula is C11H11BrN2O2. The Morgan fingerprint density at radius 2 is 2.31 bits per heavy atom. The van der Waals surface area contributed by atoms with E-state index in [9.17, 15) is 4.79 Å². The first kappa shape index (κ1) is 11.1. The maximum absolute atomic E-state index is 10.6. The third-order valence-corrected chi connectivity index (χ3v) is 3.09. The lowest BCUT2D eigenvalue weighted by atomic mass is 10.2. The summed E-state index contributed by atoms with van der Waals surface area (Å²) in [7, 11) is 0. The van der Waals surface area contributed by atoms with Crippen LogP contribution >= 0.6 is 15.9 Å². The number of hydrogen-bond acceptors (Lipinski definition) is 2. The van der Waals surface area contributed by atoms with Crippen LogP contribution in [-0.4, -0.2) is 20.6 Å². The van der Waals surface area contributed by atoms with Gasteiger partial charge in [0.05, 0.1) is 17.5 Å². The highest BCUT2D eigenvalue weighted by Gasteiger charge is 2.10. The van der Waals surface area contributed by atoms with Gasteiger partial charge in [0.25, 0.3) is 0 Å². The van der Waals surface area contributed by atoms with Crippen LogP contribution in [0.15, 0.2) is 22.9 Å². The largest absolute Gasteiger partial charge is 0.481 e. The molecule has 0 aliphatic heterocycles. The molecule has 0 aliphatic rings. The van der Waals surface area contributed by atoms with E-state index in [1.807, 2.05) is 29.7 Å². The van der Waals surface area contributed by atoms with Gasteiger partial charge in [-0.2, -0.15) is 0 Å². The lowest BCUT2D eigenvalue weighted by Gasteiger charge is -2.03. The number of carboxylic acids is 1.